The number of fused-ring (bicyclic) bond motifs is 1. The second-order valence-electron chi connectivity index (χ2n) is 5.01. The number of nitrogens with one attached hydrogen (secondary N) is 2. The second kappa shape index (κ2) is 4.17. The molecule has 0 atom stereocenters. The van der Waals surface area contributed by atoms with Crippen LogP contribution in [0, 0.1) is 0 Å². The number of anilines is 1. The summed E-state index contributed by atoms with van der Waals surface area (Å²) < 4.78 is 1.91. The van der Waals surface area contributed by atoms with E-state index < -0.39 is 0 Å². The first-order valence-electron chi connectivity index (χ1n) is 6.38. The lowest BCUT2D eigenvalue weighted by molar-refractivity contribution is 0.439. The molecule has 0 bridgehead atoms. The first-order valence-corrected chi connectivity index (χ1v) is 6.76. The number of halogens is 1. The SMILES string of the molecule is Clc1nc(NCC2(n3ccnn3)CC2)c2cc[nH]c2n1. The summed E-state index contributed by atoms with van der Waals surface area (Å²) in [5, 5.41) is 12.5. The van der Waals surface area contributed by atoms with Crippen molar-refractivity contribution in [2.45, 2.75) is 18.4 Å². The third kappa shape index (κ3) is 1.82. The number of hydrogen-bond acceptors (Lipinski definition) is 5. The van der Waals surface area contributed by atoms with Crippen molar-refractivity contribution in [2.24, 2.45) is 0 Å². The van der Waals surface area contributed by atoms with Gasteiger partial charge < -0.3 is 10.3 Å². The molecule has 1 aliphatic rings. The number of aromatic nitrogens is 6. The van der Waals surface area contributed by atoms with E-state index >= 15 is 0 Å². The molecular weight excluding hydrogens is 278 g/mol. The molecule has 2 N–H and O–H groups in total. The van der Waals surface area contributed by atoms with Crippen molar-refractivity contribution in [3.8, 4) is 0 Å². The van der Waals surface area contributed by atoms with Gasteiger partial charge in [0.05, 0.1) is 17.1 Å². The fraction of sp³-hybridized carbons (Fsp3) is 0.333. The lowest BCUT2D eigenvalue weighted by Gasteiger charge is -2.16. The maximum absolute atomic E-state index is 5.94. The van der Waals surface area contributed by atoms with Crippen molar-refractivity contribution >= 4 is 28.5 Å². The van der Waals surface area contributed by atoms with Gasteiger partial charge in [0.15, 0.2) is 0 Å². The molecule has 1 saturated carbocycles. The van der Waals surface area contributed by atoms with Gasteiger partial charge >= 0.3 is 0 Å². The van der Waals surface area contributed by atoms with Gasteiger partial charge in [0.25, 0.3) is 0 Å². The fourth-order valence-electron chi connectivity index (χ4n) is 2.39. The van der Waals surface area contributed by atoms with Crippen LogP contribution in [-0.4, -0.2) is 36.5 Å². The van der Waals surface area contributed by atoms with E-state index in [4.69, 9.17) is 11.6 Å². The van der Waals surface area contributed by atoms with Gasteiger partial charge in [-0.2, -0.15) is 4.98 Å². The van der Waals surface area contributed by atoms with E-state index in [-0.39, 0.29) is 10.8 Å². The molecule has 3 aromatic rings. The summed E-state index contributed by atoms with van der Waals surface area (Å²) in [5.41, 5.74) is 0.745. The first kappa shape index (κ1) is 11.7. The average molecular weight is 290 g/mol. The van der Waals surface area contributed by atoms with Crippen LogP contribution in [0.5, 0.6) is 0 Å². The highest BCUT2D eigenvalue weighted by molar-refractivity contribution is 6.28. The topological polar surface area (TPSA) is 84.3 Å². The third-order valence-corrected chi connectivity index (χ3v) is 3.88. The number of aromatic amines is 1. The molecule has 0 saturated heterocycles. The molecule has 0 unspecified atom stereocenters. The van der Waals surface area contributed by atoms with Gasteiger partial charge in [-0.25, -0.2) is 9.67 Å². The number of nitrogens with zero attached hydrogens (tertiary/aromatic N) is 5. The highest BCUT2D eigenvalue weighted by Crippen LogP contribution is 2.42. The third-order valence-electron chi connectivity index (χ3n) is 3.71. The molecule has 7 nitrogen and oxygen atoms in total. The van der Waals surface area contributed by atoms with Gasteiger partial charge in [0.2, 0.25) is 5.28 Å². The molecule has 1 aliphatic carbocycles. The van der Waals surface area contributed by atoms with E-state index in [2.05, 4.69) is 30.6 Å². The van der Waals surface area contributed by atoms with E-state index in [1.54, 1.807) is 6.20 Å². The standard InChI is InChI=1S/C12H12ClN7/c13-11-17-9-8(1-4-14-9)10(18-11)15-7-12(2-3-12)20-6-5-16-19-20/h1,4-6H,2-3,7H2,(H2,14,15,17,18). The van der Waals surface area contributed by atoms with Crippen molar-refractivity contribution in [1.82, 2.24) is 29.9 Å². The minimum Gasteiger partial charge on any atom is -0.367 e. The quantitative estimate of drug-likeness (QED) is 0.716. The van der Waals surface area contributed by atoms with E-state index in [1.807, 2.05) is 23.1 Å². The fourth-order valence-corrected chi connectivity index (χ4v) is 2.56. The Kier molecular flexibility index (Phi) is 2.43. The normalized spacial score (nSPS) is 16.4. The largest absolute Gasteiger partial charge is 0.367 e. The summed E-state index contributed by atoms with van der Waals surface area (Å²) in [6.45, 7) is 0.740. The second-order valence-corrected chi connectivity index (χ2v) is 5.34. The Morgan fingerprint density at radius 1 is 1.40 bits per heavy atom. The Morgan fingerprint density at radius 2 is 2.30 bits per heavy atom. The Labute approximate surface area is 119 Å². The first-order chi connectivity index (χ1) is 9.77. The molecule has 20 heavy (non-hydrogen) atoms. The maximum atomic E-state index is 5.94. The highest BCUT2D eigenvalue weighted by atomic mass is 35.5. The monoisotopic (exact) mass is 289 g/mol. The molecule has 102 valence electrons. The Bertz CT molecular complexity index is 744. The number of hydrogen-bond donors (Lipinski definition) is 2. The predicted octanol–water partition coefficient (Wildman–Crippen LogP) is 1.80. The molecule has 1 fully saturated rings. The van der Waals surface area contributed by atoms with Crippen LogP contribution in [0.4, 0.5) is 5.82 Å². The van der Waals surface area contributed by atoms with Crippen molar-refractivity contribution < 1.29 is 0 Å². The van der Waals surface area contributed by atoms with Crippen LogP contribution in [0.2, 0.25) is 5.28 Å². The van der Waals surface area contributed by atoms with Crippen molar-refractivity contribution in [1.29, 1.82) is 0 Å². The molecule has 4 rings (SSSR count). The van der Waals surface area contributed by atoms with E-state index in [0.29, 0.717) is 0 Å². The summed E-state index contributed by atoms with van der Waals surface area (Å²) in [6.07, 6.45) is 7.58. The summed E-state index contributed by atoms with van der Waals surface area (Å²) in [5.74, 6) is 0.743. The molecule has 0 amide bonds. The van der Waals surface area contributed by atoms with Crippen LogP contribution < -0.4 is 5.32 Å². The maximum Gasteiger partial charge on any atom is 0.226 e. The molecule has 0 aromatic carbocycles. The summed E-state index contributed by atoms with van der Waals surface area (Å²) in [6, 6.07) is 1.93. The Hall–Kier alpha value is -2.15. The van der Waals surface area contributed by atoms with Crippen LogP contribution in [0.25, 0.3) is 11.0 Å². The van der Waals surface area contributed by atoms with Crippen LogP contribution >= 0.6 is 11.6 Å². The molecule has 8 heteroatoms. The van der Waals surface area contributed by atoms with Gasteiger partial charge in [-0.3, -0.25) is 0 Å². The Morgan fingerprint density at radius 3 is 3.05 bits per heavy atom. The minimum atomic E-state index is 0.0105. The minimum absolute atomic E-state index is 0.0105. The van der Waals surface area contributed by atoms with Crippen LogP contribution in [-0.2, 0) is 5.54 Å². The lowest BCUT2D eigenvalue weighted by Crippen LogP contribution is -2.27. The van der Waals surface area contributed by atoms with Gasteiger partial charge in [-0.1, -0.05) is 5.21 Å². The van der Waals surface area contributed by atoms with Crippen molar-refractivity contribution in [3.05, 3.63) is 29.9 Å². The summed E-state index contributed by atoms with van der Waals surface area (Å²) in [7, 11) is 0. The smallest absolute Gasteiger partial charge is 0.226 e. The number of H-pyrrole nitrogens is 1. The van der Waals surface area contributed by atoms with Crippen molar-refractivity contribution in [2.75, 3.05) is 11.9 Å². The van der Waals surface area contributed by atoms with E-state index in [0.717, 1.165) is 36.2 Å². The van der Waals surface area contributed by atoms with E-state index in [9.17, 15) is 0 Å². The zero-order valence-electron chi connectivity index (χ0n) is 10.5. The number of rotatable bonds is 4. The predicted molar refractivity (Wildman–Crippen MR) is 74.6 cm³/mol. The van der Waals surface area contributed by atoms with Gasteiger partial charge in [-0.05, 0) is 30.5 Å². The average Bonchev–Trinajstić information content (AvgIpc) is 2.89. The Balaban J connectivity index is 1.61. The molecular formula is C12H12ClN7. The van der Waals surface area contributed by atoms with Gasteiger partial charge in [0, 0.05) is 18.9 Å². The zero-order valence-corrected chi connectivity index (χ0v) is 11.3. The highest BCUT2D eigenvalue weighted by Gasteiger charge is 2.45. The van der Waals surface area contributed by atoms with Crippen LogP contribution in [0.15, 0.2) is 24.7 Å². The summed E-state index contributed by atoms with van der Waals surface area (Å²) >= 11 is 5.94. The summed E-state index contributed by atoms with van der Waals surface area (Å²) in [4.78, 5) is 11.4. The molecule has 0 radical (unpaired) electrons. The van der Waals surface area contributed by atoms with Gasteiger partial charge in [0.1, 0.15) is 11.5 Å². The molecule has 0 spiro atoms. The van der Waals surface area contributed by atoms with Gasteiger partial charge in [-0.15, -0.1) is 5.10 Å². The molecule has 3 heterocycles. The zero-order chi connectivity index (χ0) is 13.6. The lowest BCUT2D eigenvalue weighted by atomic mass is 10.2. The van der Waals surface area contributed by atoms with Crippen LogP contribution in [0.1, 0.15) is 12.8 Å². The van der Waals surface area contributed by atoms with Crippen molar-refractivity contribution in [3.63, 3.8) is 0 Å². The van der Waals surface area contributed by atoms with E-state index in [1.165, 1.54) is 0 Å². The van der Waals surface area contributed by atoms with Crippen LogP contribution in [0.3, 0.4) is 0 Å². The molecule has 3 aromatic heterocycles. The molecule has 0 aliphatic heterocycles.